The predicted molar refractivity (Wildman–Crippen MR) is 91.2 cm³/mol. The quantitative estimate of drug-likeness (QED) is 0.848. The summed E-state index contributed by atoms with van der Waals surface area (Å²) in [5.74, 6) is 0. The van der Waals surface area contributed by atoms with Gasteiger partial charge in [0, 0.05) is 26.3 Å². The minimum absolute atomic E-state index is 0.336. The second kappa shape index (κ2) is 6.50. The van der Waals surface area contributed by atoms with E-state index < -0.39 is 10.0 Å². The number of aryl methyl sites for hydroxylation is 1. The number of hydrogen-bond acceptors (Lipinski definition) is 3. The lowest BCUT2D eigenvalue weighted by atomic mass is 10.1. The Morgan fingerprint density at radius 3 is 2.14 bits per heavy atom. The van der Waals surface area contributed by atoms with E-state index in [2.05, 4.69) is 0 Å². The zero-order valence-corrected chi connectivity index (χ0v) is 14.3. The van der Waals surface area contributed by atoms with Crippen LogP contribution in [0.4, 0.5) is 11.4 Å². The lowest BCUT2D eigenvalue weighted by Crippen LogP contribution is -2.26. The van der Waals surface area contributed by atoms with Gasteiger partial charge < -0.3 is 4.90 Å². The maximum absolute atomic E-state index is 12.7. The topological polar surface area (TPSA) is 40.6 Å². The van der Waals surface area contributed by atoms with Gasteiger partial charge in [-0.3, -0.25) is 0 Å². The van der Waals surface area contributed by atoms with Crippen LogP contribution in [0.2, 0.25) is 0 Å². The molecule has 5 heteroatoms. The van der Waals surface area contributed by atoms with E-state index in [4.69, 9.17) is 0 Å². The SMILES string of the molecule is CCN(c1ccccc1)c1c(C)cccc1S(=O)(=O)N(C)C. The summed E-state index contributed by atoms with van der Waals surface area (Å²) >= 11 is 0. The fourth-order valence-electron chi connectivity index (χ4n) is 2.46. The van der Waals surface area contributed by atoms with E-state index >= 15 is 0 Å². The first kappa shape index (κ1) is 16.5. The molecule has 0 spiro atoms. The van der Waals surface area contributed by atoms with Crippen molar-refractivity contribution in [2.75, 3.05) is 25.5 Å². The summed E-state index contributed by atoms with van der Waals surface area (Å²) in [5.41, 5.74) is 2.66. The van der Waals surface area contributed by atoms with E-state index in [1.165, 1.54) is 4.31 Å². The van der Waals surface area contributed by atoms with Crippen LogP contribution in [0.5, 0.6) is 0 Å². The van der Waals surface area contributed by atoms with Crippen LogP contribution in [0.3, 0.4) is 0 Å². The van der Waals surface area contributed by atoms with Crippen LogP contribution in [0.1, 0.15) is 12.5 Å². The van der Waals surface area contributed by atoms with Crippen LogP contribution in [0, 0.1) is 6.92 Å². The Labute approximate surface area is 133 Å². The molecule has 0 aliphatic carbocycles. The average Bonchev–Trinajstić information content (AvgIpc) is 2.50. The number of sulfonamides is 1. The van der Waals surface area contributed by atoms with Gasteiger partial charge in [0.25, 0.3) is 0 Å². The fourth-order valence-corrected chi connectivity index (χ4v) is 3.62. The lowest BCUT2D eigenvalue weighted by Gasteiger charge is -2.28. The van der Waals surface area contributed by atoms with Gasteiger partial charge in [0.1, 0.15) is 4.90 Å². The number of benzene rings is 2. The van der Waals surface area contributed by atoms with Crippen molar-refractivity contribution in [3.8, 4) is 0 Å². The van der Waals surface area contributed by atoms with Gasteiger partial charge >= 0.3 is 0 Å². The van der Waals surface area contributed by atoms with Crippen molar-refractivity contribution in [1.82, 2.24) is 4.31 Å². The molecule has 0 aromatic heterocycles. The van der Waals surface area contributed by atoms with Crippen LogP contribution in [0.15, 0.2) is 53.4 Å². The number of nitrogens with zero attached hydrogens (tertiary/aromatic N) is 2. The van der Waals surface area contributed by atoms with Crippen molar-refractivity contribution in [2.45, 2.75) is 18.7 Å². The highest BCUT2D eigenvalue weighted by Crippen LogP contribution is 2.35. The summed E-state index contributed by atoms with van der Waals surface area (Å²) in [6.45, 7) is 4.64. The minimum Gasteiger partial charge on any atom is -0.340 e. The molecule has 0 fully saturated rings. The van der Waals surface area contributed by atoms with Crippen molar-refractivity contribution < 1.29 is 8.42 Å². The molecular formula is C17H22N2O2S. The zero-order chi connectivity index (χ0) is 16.3. The molecule has 0 saturated carbocycles. The molecule has 2 rings (SSSR count). The molecule has 118 valence electrons. The second-order valence-electron chi connectivity index (χ2n) is 5.29. The van der Waals surface area contributed by atoms with Crippen molar-refractivity contribution >= 4 is 21.4 Å². The predicted octanol–water partition coefficient (Wildman–Crippen LogP) is 3.40. The Morgan fingerprint density at radius 1 is 0.955 bits per heavy atom. The molecule has 22 heavy (non-hydrogen) atoms. The lowest BCUT2D eigenvalue weighted by molar-refractivity contribution is 0.520. The smallest absolute Gasteiger partial charge is 0.244 e. The molecule has 0 amide bonds. The van der Waals surface area contributed by atoms with Gasteiger partial charge in [-0.15, -0.1) is 0 Å². The zero-order valence-electron chi connectivity index (χ0n) is 13.4. The molecule has 0 atom stereocenters. The first-order chi connectivity index (χ1) is 10.4. The number of para-hydroxylation sites is 2. The van der Waals surface area contributed by atoms with Gasteiger partial charge in [-0.05, 0) is 37.6 Å². The Kier molecular flexibility index (Phi) is 4.88. The molecule has 0 radical (unpaired) electrons. The standard InChI is InChI=1S/C17H22N2O2S/c1-5-19(15-11-7-6-8-12-15)17-14(2)10-9-13-16(17)22(20,21)18(3)4/h6-13H,5H2,1-4H3. The molecule has 0 unspecified atom stereocenters. The van der Waals surface area contributed by atoms with Gasteiger partial charge in [0.15, 0.2) is 0 Å². The highest BCUT2D eigenvalue weighted by Gasteiger charge is 2.25. The third-order valence-electron chi connectivity index (χ3n) is 3.61. The van der Waals surface area contributed by atoms with Crippen LogP contribution in [0.25, 0.3) is 0 Å². The second-order valence-corrected chi connectivity index (χ2v) is 7.41. The number of hydrogen-bond donors (Lipinski definition) is 0. The van der Waals surface area contributed by atoms with E-state index in [1.54, 1.807) is 26.2 Å². The number of rotatable bonds is 5. The maximum Gasteiger partial charge on any atom is 0.244 e. The Balaban J connectivity index is 2.69. The molecule has 0 bridgehead atoms. The maximum atomic E-state index is 12.7. The molecule has 2 aromatic carbocycles. The first-order valence-electron chi connectivity index (χ1n) is 7.24. The normalized spacial score (nSPS) is 11.7. The Morgan fingerprint density at radius 2 is 1.59 bits per heavy atom. The highest BCUT2D eigenvalue weighted by atomic mass is 32.2. The number of anilines is 2. The average molecular weight is 318 g/mol. The van der Waals surface area contributed by atoms with Gasteiger partial charge in [0.2, 0.25) is 10.0 Å². The van der Waals surface area contributed by atoms with Crippen LogP contribution in [-0.4, -0.2) is 33.4 Å². The van der Waals surface area contributed by atoms with E-state index in [0.29, 0.717) is 11.4 Å². The molecule has 0 aliphatic heterocycles. The summed E-state index contributed by atoms with van der Waals surface area (Å²) in [4.78, 5) is 2.37. The Hall–Kier alpha value is -1.85. The van der Waals surface area contributed by atoms with E-state index in [9.17, 15) is 8.42 Å². The highest BCUT2D eigenvalue weighted by molar-refractivity contribution is 7.89. The molecule has 0 saturated heterocycles. The monoisotopic (exact) mass is 318 g/mol. The van der Waals surface area contributed by atoms with E-state index in [-0.39, 0.29) is 0 Å². The summed E-state index contributed by atoms with van der Waals surface area (Å²) in [5, 5.41) is 0. The van der Waals surface area contributed by atoms with Crippen LogP contribution < -0.4 is 4.90 Å². The largest absolute Gasteiger partial charge is 0.340 e. The summed E-state index contributed by atoms with van der Waals surface area (Å²) < 4.78 is 26.6. The summed E-state index contributed by atoms with van der Waals surface area (Å²) in [6.07, 6.45) is 0. The van der Waals surface area contributed by atoms with Crippen molar-refractivity contribution in [3.63, 3.8) is 0 Å². The molecule has 2 aromatic rings. The van der Waals surface area contributed by atoms with Crippen molar-refractivity contribution in [3.05, 3.63) is 54.1 Å². The fraction of sp³-hybridized carbons (Fsp3) is 0.294. The summed E-state index contributed by atoms with van der Waals surface area (Å²) in [6, 6.07) is 15.2. The van der Waals surface area contributed by atoms with Gasteiger partial charge in [-0.25, -0.2) is 12.7 Å². The van der Waals surface area contributed by atoms with Crippen LogP contribution in [-0.2, 0) is 10.0 Å². The van der Waals surface area contributed by atoms with Crippen molar-refractivity contribution in [1.29, 1.82) is 0 Å². The van der Waals surface area contributed by atoms with E-state index in [1.807, 2.05) is 55.1 Å². The van der Waals surface area contributed by atoms with Crippen LogP contribution >= 0.6 is 0 Å². The van der Waals surface area contributed by atoms with Gasteiger partial charge in [-0.2, -0.15) is 0 Å². The molecule has 0 N–H and O–H groups in total. The molecule has 4 nitrogen and oxygen atoms in total. The third-order valence-corrected chi connectivity index (χ3v) is 5.46. The van der Waals surface area contributed by atoms with Gasteiger partial charge in [0.05, 0.1) is 5.69 Å². The Bertz CT molecular complexity index is 741. The molecule has 0 heterocycles. The summed E-state index contributed by atoms with van der Waals surface area (Å²) in [7, 11) is -0.390. The minimum atomic E-state index is -3.50. The molecule has 0 aliphatic rings. The third kappa shape index (κ3) is 3.00. The first-order valence-corrected chi connectivity index (χ1v) is 8.68. The molecular weight excluding hydrogens is 296 g/mol. The van der Waals surface area contributed by atoms with Gasteiger partial charge in [-0.1, -0.05) is 30.3 Å². The van der Waals surface area contributed by atoms with Crippen molar-refractivity contribution in [2.24, 2.45) is 0 Å². The van der Waals surface area contributed by atoms with E-state index in [0.717, 1.165) is 16.9 Å².